The van der Waals surface area contributed by atoms with Crippen LogP contribution >= 0.6 is 0 Å². The standard InChI is InChI=1S/C14H18N2O4/c1-2-20-14(19)11-5-3-4-8-16(11)13(18)10-6-7-15-12(17)9-10/h6-7,9,11H,2-5,8H2,1H3,(H,15,17). The molecule has 0 bridgehead atoms. The molecule has 1 aliphatic heterocycles. The van der Waals surface area contributed by atoms with Crippen molar-refractivity contribution in [3.05, 3.63) is 34.2 Å². The fourth-order valence-electron chi connectivity index (χ4n) is 2.40. The number of esters is 1. The number of nitrogens with one attached hydrogen (secondary N) is 1. The molecule has 1 amide bonds. The Morgan fingerprint density at radius 1 is 1.45 bits per heavy atom. The van der Waals surface area contributed by atoms with Crippen LogP contribution in [0.3, 0.4) is 0 Å². The highest BCUT2D eigenvalue weighted by molar-refractivity contribution is 5.96. The Labute approximate surface area is 116 Å². The number of hydrogen-bond acceptors (Lipinski definition) is 4. The lowest BCUT2D eigenvalue weighted by Gasteiger charge is -2.34. The van der Waals surface area contributed by atoms with Crippen LogP contribution in [0.15, 0.2) is 23.1 Å². The second-order valence-corrected chi connectivity index (χ2v) is 4.70. The average Bonchev–Trinajstić information content (AvgIpc) is 2.47. The molecule has 2 rings (SSSR count). The van der Waals surface area contributed by atoms with Crippen LogP contribution in [0.5, 0.6) is 0 Å². The van der Waals surface area contributed by atoms with Gasteiger partial charge in [-0.1, -0.05) is 0 Å². The van der Waals surface area contributed by atoms with Gasteiger partial charge >= 0.3 is 5.97 Å². The Morgan fingerprint density at radius 2 is 2.25 bits per heavy atom. The molecule has 6 heteroatoms. The van der Waals surface area contributed by atoms with Crippen molar-refractivity contribution in [1.29, 1.82) is 0 Å². The van der Waals surface area contributed by atoms with Gasteiger partial charge in [0, 0.05) is 24.4 Å². The summed E-state index contributed by atoms with van der Waals surface area (Å²) in [5, 5.41) is 0. The summed E-state index contributed by atoms with van der Waals surface area (Å²) in [7, 11) is 0. The predicted octanol–water partition coefficient (Wildman–Crippen LogP) is 0.933. The van der Waals surface area contributed by atoms with Gasteiger partial charge in [0.15, 0.2) is 0 Å². The molecule has 0 saturated carbocycles. The number of rotatable bonds is 3. The SMILES string of the molecule is CCOC(=O)C1CCCCN1C(=O)c1cc[nH]c(=O)c1. The van der Waals surface area contributed by atoms with Gasteiger partial charge in [0.25, 0.3) is 5.91 Å². The minimum Gasteiger partial charge on any atom is -0.464 e. The van der Waals surface area contributed by atoms with Crippen molar-refractivity contribution in [2.75, 3.05) is 13.2 Å². The number of H-pyrrole nitrogens is 1. The van der Waals surface area contributed by atoms with Crippen LogP contribution in [-0.4, -0.2) is 41.0 Å². The van der Waals surface area contributed by atoms with Crippen molar-refractivity contribution < 1.29 is 14.3 Å². The highest BCUT2D eigenvalue weighted by Gasteiger charge is 2.33. The van der Waals surface area contributed by atoms with Crippen molar-refractivity contribution in [3.8, 4) is 0 Å². The topological polar surface area (TPSA) is 79.5 Å². The molecule has 0 radical (unpaired) electrons. The predicted molar refractivity (Wildman–Crippen MR) is 72.4 cm³/mol. The molecule has 1 fully saturated rings. The van der Waals surface area contributed by atoms with Gasteiger partial charge in [-0.05, 0) is 32.3 Å². The number of likely N-dealkylation sites (tertiary alicyclic amines) is 1. The molecule has 6 nitrogen and oxygen atoms in total. The van der Waals surface area contributed by atoms with E-state index in [0.29, 0.717) is 25.1 Å². The number of carbonyl (C=O) groups excluding carboxylic acids is 2. The number of carbonyl (C=O) groups is 2. The maximum atomic E-state index is 12.4. The number of ether oxygens (including phenoxy) is 1. The minimum atomic E-state index is -0.546. The molecular weight excluding hydrogens is 260 g/mol. The average molecular weight is 278 g/mol. The Balaban J connectivity index is 2.21. The van der Waals surface area contributed by atoms with E-state index in [-0.39, 0.29) is 17.4 Å². The molecule has 0 aliphatic carbocycles. The molecule has 1 aliphatic rings. The van der Waals surface area contributed by atoms with Crippen molar-refractivity contribution in [2.45, 2.75) is 32.2 Å². The van der Waals surface area contributed by atoms with Crippen molar-refractivity contribution >= 4 is 11.9 Å². The first-order valence-corrected chi connectivity index (χ1v) is 6.80. The molecule has 1 saturated heterocycles. The number of pyridine rings is 1. The molecule has 1 N–H and O–H groups in total. The van der Waals surface area contributed by atoms with Gasteiger partial charge in [0.1, 0.15) is 6.04 Å². The highest BCUT2D eigenvalue weighted by atomic mass is 16.5. The monoisotopic (exact) mass is 278 g/mol. The molecule has 2 heterocycles. The van der Waals surface area contributed by atoms with Gasteiger partial charge in [-0.2, -0.15) is 0 Å². The van der Waals surface area contributed by atoms with Gasteiger partial charge in [0.05, 0.1) is 6.61 Å². The smallest absolute Gasteiger partial charge is 0.328 e. The second kappa shape index (κ2) is 6.36. The number of hydrogen-bond donors (Lipinski definition) is 1. The van der Waals surface area contributed by atoms with Crippen molar-refractivity contribution in [1.82, 2.24) is 9.88 Å². The second-order valence-electron chi connectivity index (χ2n) is 4.70. The van der Waals surface area contributed by atoms with Crippen LogP contribution in [0.2, 0.25) is 0 Å². The van der Waals surface area contributed by atoms with E-state index in [9.17, 15) is 14.4 Å². The Kier molecular flexibility index (Phi) is 4.55. The number of piperidine rings is 1. The third-order valence-corrected chi connectivity index (χ3v) is 3.34. The zero-order valence-electron chi connectivity index (χ0n) is 11.4. The fourth-order valence-corrected chi connectivity index (χ4v) is 2.40. The summed E-state index contributed by atoms with van der Waals surface area (Å²) in [5.41, 5.74) is -0.0366. The molecule has 20 heavy (non-hydrogen) atoms. The van der Waals surface area contributed by atoms with E-state index in [1.54, 1.807) is 13.0 Å². The van der Waals surface area contributed by atoms with Crippen LogP contribution in [0, 0.1) is 0 Å². The summed E-state index contributed by atoms with van der Waals surface area (Å²) in [5.74, 6) is -0.667. The van der Waals surface area contributed by atoms with E-state index in [2.05, 4.69) is 4.98 Å². The van der Waals surface area contributed by atoms with E-state index >= 15 is 0 Å². The molecule has 0 spiro atoms. The lowest BCUT2D eigenvalue weighted by Crippen LogP contribution is -2.48. The highest BCUT2D eigenvalue weighted by Crippen LogP contribution is 2.20. The number of aromatic nitrogens is 1. The van der Waals surface area contributed by atoms with E-state index in [0.717, 1.165) is 12.8 Å². The fraction of sp³-hybridized carbons (Fsp3) is 0.500. The van der Waals surface area contributed by atoms with Crippen LogP contribution in [-0.2, 0) is 9.53 Å². The summed E-state index contributed by atoms with van der Waals surface area (Å²) in [6, 6.07) is 2.25. The van der Waals surface area contributed by atoms with Crippen LogP contribution in [0.1, 0.15) is 36.5 Å². The van der Waals surface area contributed by atoms with Crippen LogP contribution in [0.4, 0.5) is 0 Å². The largest absolute Gasteiger partial charge is 0.464 e. The van der Waals surface area contributed by atoms with Gasteiger partial charge in [-0.15, -0.1) is 0 Å². The van der Waals surface area contributed by atoms with E-state index in [4.69, 9.17) is 4.74 Å². The minimum absolute atomic E-state index is 0.294. The zero-order chi connectivity index (χ0) is 14.5. The van der Waals surface area contributed by atoms with E-state index in [1.165, 1.54) is 17.2 Å². The quantitative estimate of drug-likeness (QED) is 0.834. The van der Waals surface area contributed by atoms with E-state index < -0.39 is 6.04 Å². The Morgan fingerprint density at radius 3 is 2.95 bits per heavy atom. The molecule has 1 aromatic heterocycles. The summed E-state index contributed by atoms with van der Waals surface area (Å²) in [4.78, 5) is 39.6. The zero-order valence-corrected chi connectivity index (χ0v) is 11.4. The first kappa shape index (κ1) is 14.3. The third-order valence-electron chi connectivity index (χ3n) is 3.34. The molecule has 1 unspecified atom stereocenters. The maximum absolute atomic E-state index is 12.4. The first-order valence-electron chi connectivity index (χ1n) is 6.80. The summed E-state index contributed by atoms with van der Waals surface area (Å²) < 4.78 is 5.02. The van der Waals surface area contributed by atoms with Crippen molar-refractivity contribution in [2.24, 2.45) is 0 Å². The van der Waals surface area contributed by atoms with E-state index in [1.807, 2.05) is 0 Å². The molecule has 0 aromatic carbocycles. The van der Waals surface area contributed by atoms with Crippen LogP contribution < -0.4 is 5.56 Å². The number of aromatic amines is 1. The maximum Gasteiger partial charge on any atom is 0.328 e. The lowest BCUT2D eigenvalue weighted by molar-refractivity contribution is -0.149. The van der Waals surface area contributed by atoms with Crippen LogP contribution in [0.25, 0.3) is 0 Å². The normalized spacial score (nSPS) is 18.6. The number of amides is 1. The summed E-state index contributed by atoms with van der Waals surface area (Å²) >= 11 is 0. The molecule has 1 aromatic rings. The third kappa shape index (κ3) is 3.07. The van der Waals surface area contributed by atoms with Gasteiger partial charge < -0.3 is 14.6 Å². The molecule has 108 valence electrons. The van der Waals surface area contributed by atoms with Gasteiger partial charge in [-0.25, -0.2) is 4.79 Å². The molecular formula is C14H18N2O4. The van der Waals surface area contributed by atoms with Gasteiger partial charge in [0.2, 0.25) is 5.56 Å². The summed E-state index contributed by atoms with van der Waals surface area (Å²) in [6.45, 7) is 2.54. The lowest BCUT2D eigenvalue weighted by atomic mass is 10.0. The Bertz CT molecular complexity index is 552. The van der Waals surface area contributed by atoms with Crippen molar-refractivity contribution in [3.63, 3.8) is 0 Å². The Hall–Kier alpha value is -2.11. The first-order chi connectivity index (χ1) is 9.63. The molecule has 1 atom stereocenters. The summed E-state index contributed by atoms with van der Waals surface area (Å²) in [6.07, 6.45) is 3.78. The number of nitrogens with zero attached hydrogens (tertiary/aromatic N) is 1. The van der Waals surface area contributed by atoms with Gasteiger partial charge in [-0.3, -0.25) is 9.59 Å².